The maximum Gasteiger partial charge on any atom is 0.422 e. The Kier molecular flexibility index (Phi) is 5.16. The van der Waals surface area contributed by atoms with Gasteiger partial charge < -0.3 is 15.0 Å². The van der Waals surface area contributed by atoms with E-state index in [0.29, 0.717) is 16.3 Å². The van der Waals surface area contributed by atoms with E-state index < -0.39 is 12.8 Å². The van der Waals surface area contributed by atoms with Crippen molar-refractivity contribution in [2.45, 2.75) is 31.5 Å². The normalized spacial score (nSPS) is 19.9. The number of halogens is 4. The second kappa shape index (κ2) is 7.49. The van der Waals surface area contributed by atoms with Crippen LogP contribution in [0.4, 0.5) is 13.2 Å². The zero-order valence-electron chi connectivity index (χ0n) is 15.1. The van der Waals surface area contributed by atoms with Gasteiger partial charge in [-0.2, -0.15) is 13.2 Å². The smallest absolute Gasteiger partial charge is 0.422 e. The summed E-state index contributed by atoms with van der Waals surface area (Å²) in [6.07, 6.45) is -2.34. The summed E-state index contributed by atoms with van der Waals surface area (Å²) < 4.78 is 41.3. The SMILES string of the molecule is C[C@@H](NC(=O)[C@H]1C[C@@H]1c1nc2ccc(Cl)cc2[nH]1)c1cnc(OCC(F)(F)F)s1. The summed E-state index contributed by atoms with van der Waals surface area (Å²) in [4.78, 5) is 24.7. The summed E-state index contributed by atoms with van der Waals surface area (Å²) in [6.45, 7) is 0.354. The van der Waals surface area contributed by atoms with Crippen molar-refractivity contribution in [3.8, 4) is 5.19 Å². The lowest BCUT2D eigenvalue weighted by Crippen LogP contribution is -2.28. The number of aromatic nitrogens is 3. The number of nitrogens with one attached hydrogen (secondary N) is 2. The lowest BCUT2D eigenvalue weighted by Gasteiger charge is -2.11. The third-order valence-corrected chi connectivity index (χ3v) is 5.92. The van der Waals surface area contributed by atoms with Crippen LogP contribution in [0.2, 0.25) is 5.02 Å². The fourth-order valence-corrected chi connectivity index (χ4v) is 3.97. The number of fused-ring (bicyclic) bond motifs is 1. The van der Waals surface area contributed by atoms with Crippen LogP contribution in [-0.4, -0.2) is 33.6 Å². The molecule has 0 saturated heterocycles. The minimum atomic E-state index is -4.42. The highest BCUT2D eigenvalue weighted by Crippen LogP contribution is 2.47. The van der Waals surface area contributed by atoms with Crippen LogP contribution in [0.25, 0.3) is 11.0 Å². The van der Waals surface area contributed by atoms with E-state index in [-0.39, 0.29) is 29.0 Å². The molecule has 2 N–H and O–H groups in total. The number of carbonyl (C=O) groups is 1. The topological polar surface area (TPSA) is 79.9 Å². The number of ether oxygens (including phenoxy) is 1. The average Bonchev–Trinajstić information content (AvgIpc) is 3.11. The van der Waals surface area contributed by atoms with Crippen LogP contribution in [0.1, 0.15) is 36.0 Å². The number of alkyl halides is 3. The van der Waals surface area contributed by atoms with Crippen molar-refractivity contribution in [3.05, 3.63) is 40.1 Å². The number of hydrogen-bond acceptors (Lipinski definition) is 5. The van der Waals surface area contributed by atoms with Crippen LogP contribution in [0.15, 0.2) is 24.4 Å². The third-order valence-electron chi connectivity index (χ3n) is 4.59. The minimum absolute atomic E-state index is 0.000478. The molecule has 1 fully saturated rings. The van der Waals surface area contributed by atoms with Crippen LogP contribution in [0, 0.1) is 5.92 Å². The molecule has 6 nitrogen and oxygen atoms in total. The molecule has 0 unspecified atom stereocenters. The number of rotatable bonds is 6. The number of carbonyl (C=O) groups excluding carboxylic acids is 1. The van der Waals surface area contributed by atoms with Crippen LogP contribution in [-0.2, 0) is 4.79 Å². The Morgan fingerprint density at radius 2 is 2.28 bits per heavy atom. The number of thiazole rings is 1. The van der Waals surface area contributed by atoms with E-state index >= 15 is 0 Å². The molecule has 0 bridgehead atoms. The molecule has 2 aromatic heterocycles. The lowest BCUT2D eigenvalue weighted by atomic mass is 10.2. The summed E-state index contributed by atoms with van der Waals surface area (Å²) in [7, 11) is 0. The average molecular weight is 445 g/mol. The Hall–Kier alpha value is -2.33. The van der Waals surface area contributed by atoms with E-state index in [4.69, 9.17) is 11.6 Å². The molecule has 1 aliphatic rings. The van der Waals surface area contributed by atoms with Crippen molar-refractivity contribution in [2.24, 2.45) is 5.92 Å². The van der Waals surface area contributed by atoms with Crippen molar-refractivity contribution in [2.75, 3.05) is 6.61 Å². The predicted octanol–water partition coefficient (Wildman–Crippen LogP) is 4.59. The van der Waals surface area contributed by atoms with Gasteiger partial charge in [0.2, 0.25) is 5.91 Å². The fourth-order valence-electron chi connectivity index (χ4n) is 3.04. The van der Waals surface area contributed by atoms with Gasteiger partial charge >= 0.3 is 6.18 Å². The van der Waals surface area contributed by atoms with E-state index in [1.165, 1.54) is 6.20 Å². The van der Waals surface area contributed by atoms with Gasteiger partial charge in [-0.3, -0.25) is 4.79 Å². The highest BCUT2D eigenvalue weighted by Gasteiger charge is 2.46. The van der Waals surface area contributed by atoms with Gasteiger partial charge in [0.1, 0.15) is 5.82 Å². The van der Waals surface area contributed by atoms with Crippen molar-refractivity contribution < 1.29 is 22.7 Å². The van der Waals surface area contributed by atoms with Crippen LogP contribution >= 0.6 is 22.9 Å². The molecule has 154 valence electrons. The van der Waals surface area contributed by atoms with Gasteiger partial charge in [-0.05, 0) is 31.5 Å². The molecule has 3 atom stereocenters. The molecule has 1 saturated carbocycles. The molecule has 11 heteroatoms. The number of hydrogen-bond donors (Lipinski definition) is 2. The van der Waals surface area contributed by atoms with E-state index in [0.717, 1.165) is 28.2 Å². The second-order valence-electron chi connectivity index (χ2n) is 6.89. The molecule has 29 heavy (non-hydrogen) atoms. The molecule has 0 aliphatic heterocycles. The molecule has 4 rings (SSSR count). The highest BCUT2D eigenvalue weighted by molar-refractivity contribution is 7.13. The first-order valence-electron chi connectivity index (χ1n) is 8.80. The maximum absolute atomic E-state index is 12.5. The molecular formula is C18H16ClF3N4O2S. The van der Waals surface area contributed by atoms with Gasteiger partial charge in [0.15, 0.2) is 6.61 Å². The number of aromatic amines is 1. The largest absolute Gasteiger partial charge is 0.460 e. The number of benzene rings is 1. The minimum Gasteiger partial charge on any atom is -0.460 e. The number of nitrogens with zero attached hydrogens (tertiary/aromatic N) is 2. The summed E-state index contributed by atoms with van der Waals surface area (Å²) in [6, 6.07) is 4.97. The van der Waals surface area contributed by atoms with Gasteiger partial charge in [0.25, 0.3) is 5.19 Å². The highest BCUT2D eigenvalue weighted by atomic mass is 35.5. The first kappa shape index (κ1) is 20.0. The van der Waals surface area contributed by atoms with Crippen LogP contribution in [0.3, 0.4) is 0 Å². The second-order valence-corrected chi connectivity index (χ2v) is 8.36. The standard InChI is InChI=1S/C18H16ClF3N4O2S/c1-8(14-6-23-17(29-14)28-7-18(20,21)22)24-16(27)11-5-10(11)15-25-12-3-2-9(19)4-13(12)26-15/h2-4,6,8,10-11H,5,7H2,1H3,(H,24,27)(H,25,26)/t8-,10+,11+/m1/s1. The van der Waals surface area contributed by atoms with Gasteiger partial charge in [-0.15, -0.1) is 0 Å². The third kappa shape index (κ3) is 4.64. The van der Waals surface area contributed by atoms with E-state index in [1.54, 1.807) is 19.1 Å². The number of imidazole rings is 1. The van der Waals surface area contributed by atoms with Crippen molar-refractivity contribution in [1.82, 2.24) is 20.3 Å². The summed E-state index contributed by atoms with van der Waals surface area (Å²) >= 11 is 6.96. The first-order chi connectivity index (χ1) is 13.7. The van der Waals surface area contributed by atoms with Gasteiger partial charge in [0.05, 0.1) is 22.0 Å². The van der Waals surface area contributed by atoms with Crippen molar-refractivity contribution in [3.63, 3.8) is 0 Å². The van der Waals surface area contributed by atoms with Crippen molar-refractivity contribution in [1.29, 1.82) is 0 Å². The maximum atomic E-state index is 12.5. The summed E-state index contributed by atoms with van der Waals surface area (Å²) in [5.41, 5.74) is 1.61. The molecule has 0 radical (unpaired) electrons. The summed E-state index contributed by atoms with van der Waals surface area (Å²) in [5, 5.41) is 3.40. The fraction of sp³-hybridized carbons (Fsp3) is 0.389. The zero-order valence-corrected chi connectivity index (χ0v) is 16.7. The zero-order chi connectivity index (χ0) is 20.8. The lowest BCUT2D eigenvalue weighted by molar-refractivity contribution is -0.153. The molecule has 2 heterocycles. The predicted molar refractivity (Wildman–Crippen MR) is 102 cm³/mol. The monoisotopic (exact) mass is 444 g/mol. The summed E-state index contributed by atoms with van der Waals surface area (Å²) in [5.74, 6) is 0.408. The van der Waals surface area contributed by atoms with E-state index in [9.17, 15) is 18.0 Å². The van der Waals surface area contributed by atoms with Crippen molar-refractivity contribution >= 4 is 39.9 Å². The molecule has 3 aromatic rings. The Morgan fingerprint density at radius 3 is 3.03 bits per heavy atom. The first-order valence-corrected chi connectivity index (χ1v) is 10.00. The molecule has 0 spiro atoms. The van der Waals surface area contributed by atoms with Gasteiger partial charge in [-0.1, -0.05) is 22.9 Å². The molecule has 1 aliphatic carbocycles. The molecule has 1 aromatic carbocycles. The Bertz CT molecular complexity index is 1050. The van der Waals surface area contributed by atoms with E-state index in [1.807, 2.05) is 6.07 Å². The van der Waals surface area contributed by atoms with Gasteiger partial charge in [-0.25, -0.2) is 9.97 Å². The van der Waals surface area contributed by atoms with Gasteiger partial charge in [0, 0.05) is 23.1 Å². The quantitative estimate of drug-likeness (QED) is 0.582. The Labute approximate surface area is 172 Å². The Balaban J connectivity index is 1.34. The number of H-pyrrole nitrogens is 1. The molecular weight excluding hydrogens is 429 g/mol. The van der Waals surface area contributed by atoms with Crippen LogP contribution in [0.5, 0.6) is 5.19 Å². The Morgan fingerprint density at radius 1 is 1.48 bits per heavy atom. The number of amides is 1. The van der Waals surface area contributed by atoms with E-state index in [2.05, 4.69) is 25.0 Å². The van der Waals surface area contributed by atoms with Crippen LogP contribution < -0.4 is 10.1 Å². The molecule has 1 amide bonds.